The van der Waals surface area contributed by atoms with E-state index in [9.17, 15) is 5.11 Å². The first-order chi connectivity index (χ1) is 6.66. The van der Waals surface area contributed by atoms with E-state index in [2.05, 4.69) is 30.4 Å². The van der Waals surface area contributed by atoms with Gasteiger partial charge in [0, 0.05) is 11.7 Å². The zero-order valence-corrected chi connectivity index (χ0v) is 8.75. The average molecular weight is 191 g/mol. The molecular weight excluding hydrogens is 174 g/mol. The van der Waals surface area contributed by atoms with Crippen LogP contribution in [0.1, 0.15) is 25.0 Å². The molecular formula is C12H17NO. The Balaban J connectivity index is 2.30. The predicted octanol–water partition coefficient (Wildman–Crippen LogP) is 1.97. The standard InChI is InChI=1S/C12H17NO/c1-8-6-11-10(7-9(2)14)4-3-5-12(11)13-8/h3-5,8-9,13-14H,6-7H2,1-2H3. The lowest BCUT2D eigenvalue weighted by molar-refractivity contribution is 0.195. The lowest BCUT2D eigenvalue weighted by Gasteiger charge is -2.09. The zero-order chi connectivity index (χ0) is 10.1. The molecule has 0 saturated carbocycles. The van der Waals surface area contributed by atoms with Gasteiger partial charge in [-0.3, -0.25) is 0 Å². The summed E-state index contributed by atoms with van der Waals surface area (Å²) < 4.78 is 0. The van der Waals surface area contributed by atoms with Crippen LogP contribution in [0.5, 0.6) is 0 Å². The van der Waals surface area contributed by atoms with Gasteiger partial charge in [0.15, 0.2) is 0 Å². The number of hydrogen-bond donors (Lipinski definition) is 2. The topological polar surface area (TPSA) is 32.3 Å². The summed E-state index contributed by atoms with van der Waals surface area (Å²) in [7, 11) is 0. The summed E-state index contributed by atoms with van der Waals surface area (Å²) in [5.41, 5.74) is 3.92. The van der Waals surface area contributed by atoms with E-state index in [0.29, 0.717) is 6.04 Å². The molecule has 76 valence electrons. The minimum atomic E-state index is -0.252. The second-order valence-corrected chi connectivity index (χ2v) is 4.25. The van der Waals surface area contributed by atoms with Gasteiger partial charge in [0.1, 0.15) is 0 Å². The maximum atomic E-state index is 9.38. The molecule has 0 aliphatic carbocycles. The van der Waals surface area contributed by atoms with E-state index in [1.165, 1.54) is 16.8 Å². The second kappa shape index (κ2) is 3.62. The van der Waals surface area contributed by atoms with Crippen molar-refractivity contribution < 1.29 is 5.11 Å². The van der Waals surface area contributed by atoms with Gasteiger partial charge in [-0.2, -0.15) is 0 Å². The number of aliphatic hydroxyl groups is 1. The quantitative estimate of drug-likeness (QED) is 0.749. The molecule has 14 heavy (non-hydrogen) atoms. The molecule has 0 saturated heterocycles. The van der Waals surface area contributed by atoms with Crippen LogP contribution in [0.2, 0.25) is 0 Å². The highest BCUT2D eigenvalue weighted by Crippen LogP contribution is 2.29. The molecule has 1 aliphatic rings. The Morgan fingerprint density at radius 1 is 1.57 bits per heavy atom. The molecule has 2 atom stereocenters. The third-order valence-electron chi connectivity index (χ3n) is 2.70. The van der Waals surface area contributed by atoms with Crippen LogP contribution in [0, 0.1) is 0 Å². The Bertz CT molecular complexity index is 333. The first-order valence-corrected chi connectivity index (χ1v) is 5.22. The number of hydrogen-bond acceptors (Lipinski definition) is 2. The summed E-state index contributed by atoms with van der Waals surface area (Å²) in [6.07, 6.45) is 1.59. The second-order valence-electron chi connectivity index (χ2n) is 4.25. The molecule has 0 fully saturated rings. The van der Waals surface area contributed by atoms with Gasteiger partial charge in [0.05, 0.1) is 6.10 Å². The molecule has 2 unspecified atom stereocenters. The molecule has 1 aliphatic heterocycles. The molecule has 0 spiro atoms. The normalized spacial score (nSPS) is 21.5. The molecule has 1 heterocycles. The van der Waals surface area contributed by atoms with Crippen LogP contribution >= 0.6 is 0 Å². The van der Waals surface area contributed by atoms with E-state index in [4.69, 9.17) is 0 Å². The lowest BCUT2D eigenvalue weighted by atomic mass is 9.99. The van der Waals surface area contributed by atoms with Gasteiger partial charge in [-0.05, 0) is 43.9 Å². The Morgan fingerprint density at radius 3 is 3.07 bits per heavy atom. The average Bonchev–Trinajstić information content (AvgIpc) is 2.45. The molecule has 2 rings (SSSR count). The van der Waals surface area contributed by atoms with Crippen molar-refractivity contribution in [2.45, 2.75) is 38.8 Å². The molecule has 2 heteroatoms. The minimum Gasteiger partial charge on any atom is -0.393 e. The Morgan fingerprint density at radius 2 is 2.36 bits per heavy atom. The van der Waals surface area contributed by atoms with Crippen LogP contribution in [0.25, 0.3) is 0 Å². The summed E-state index contributed by atoms with van der Waals surface area (Å²) >= 11 is 0. The Labute approximate surface area is 85.0 Å². The van der Waals surface area contributed by atoms with Crippen LogP contribution < -0.4 is 5.32 Å². The van der Waals surface area contributed by atoms with Gasteiger partial charge in [-0.1, -0.05) is 12.1 Å². The van der Waals surface area contributed by atoms with Crippen molar-refractivity contribution in [2.24, 2.45) is 0 Å². The first-order valence-electron chi connectivity index (χ1n) is 5.22. The van der Waals surface area contributed by atoms with Crippen LogP contribution in [0.4, 0.5) is 5.69 Å². The summed E-state index contributed by atoms with van der Waals surface area (Å²) in [5, 5.41) is 12.8. The number of benzene rings is 1. The van der Waals surface area contributed by atoms with Crippen molar-refractivity contribution in [2.75, 3.05) is 5.32 Å². The van der Waals surface area contributed by atoms with E-state index >= 15 is 0 Å². The monoisotopic (exact) mass is 191 g/mol. The Kier molecular flexibility index (Phi) is 2.46. The highest BCUT2D eigenvalue weighted by molar-refractivity contribution is 5.59. The van der Waals surface area contributed by atoms with Gasteiger partial charge in [-0.25, -0.2) is 0 Å². The van der Waals surface area contributed by atoms with Crippen LogP contribution in [-0.4, -0.2) is 17.3 Å². The van der Waals surface area contributed by atoms with E-state index in [1.54, 1.807) is 0 Å². The molecule has 0 bridgehead atoms. The fourth-order valence-corrected chi connectivity index (χ4v) is 2.14. The van der Waals surface area contributed by atoms with Gasteiger partial charge < -0.3 is 10.4 Å². The van der Waals surface area contributed by atoms with E-state index in [-0.39, 0.29) is 6.10 Å². The van der Waals surface area contributed by atoms with E-state index < -0.39 is 0 Å². The highest BCUT2D eigenvalue weighted by atomic mass is 16.3. The third-order valence-corrected chi connectivity index (χ3v) is 2.70. The summed E-state index contributed by atoms with van der Waals surface area (Å²) in [6, 6.07) is 6.82. The van der Waals surface area contributed by atoms with Crippen molar-refractivity contribution in [3.8, 4) is 0 Å². The maximum Gasteiger partial charge on any atom is 0.0552 e. The summed E-state index contributed by atoms with van der Waals surface area (Å²) in [5.74, 6) is 0. The van der Waals surface area contributed by atoms with Gasteiger partial charge in [-0.15, -0.1) is 0 Å². The highest BCUT2D eigenvalue weighted by Gasteiger charge is 2.19. The van der Waals surface area contributed by atoms with Crippen molar-refractivity contribution in [3.63, 3.8) is 0 Å². The smallest absolute Gasteiger partial charge is 0.0552 e. The van der Waals surface area contributed by atoms with Crippen molar-refractivity contribution in [3.05, 3.63) is 29.3 Å². The minimum absolute atomic E-state index is 0.252. The SMILES string of the molecule is CC(O)Cc1cccc2c1CC(C)N2. The molecule has 1 aromatic rings. The number of aliphatic hydroxyl groups excluding tert-OH is 1. The zero-order valence-electron chi connectivity index (χ0n) is 8.75. The Hall–Kier alpha value is -1.02. The number of nitrogens with one attached hydrogen (secondary N) is 1. The van der Waals surface area contributed by atoms with Crippen LogP contribution in [0.3, 0.4) is 0 Å². The van der Waals surface area contributed by atoms with E-state index in [1.807, 2.05) is 6.92 Å². The largest absolute Gasteiger partial charge is 0.393 e. The molecule has 2 N–H and O–H groups in total. The molecule has 0 aromatic heterocycles. The lowest BCUT2D eigenvalue weighted by Crippen LogP contribution is -2.09. The van der Waals surface area contributed by atoms with E-state index in [0.717, 1.165) is 12.8 Å². The van der Waals surface area contributed by atoms with Crippen LogP contribution in [0.15, 0.2) is 18.2 Å². The van der Waals surface area contributed by atoms with Crippen molar-refractivity contribution in [1.29, 1.82) is 0 Å². The van der Waals surface area contributed by atoms with Gasteiger partial charge >= 0.3 is 0 Å². The molecule has 2 nitrogen and oxygen atoms in total. The summed E-state index contributed by atoms with van der Waals surface area (Å²) in [6.45, 7) is 4.03. The number of rotatable bonds is 2. The molecule has 1 aromatic carbocycles. The van der Waals surface area contributed by atoms with Gasteiger partial charge in [0.25, 0.3) is 0 Å². The fourth-order valence-electron chi connectivity index (χ4n) is 2.14. The first kappa shape index (κ1) is 9.53. The number of fused-ring (bicyclic) bond motifs is 1. The van der Waals surface area contributed by atoms with Gasteiger partial charge in [0.2, 0.25) is 0 Å². The van der Waals surface area contributed by atoms with Crippen LogP contribution in [-0.2, 0) is 12.8 Å². The summed E-state index contributed by atoms with van der Waals surface area (Å²) in [4.78, 5) is 0. The van der Waals surface area contributed by atoms with Crippen molar-refractivity contribution in [1.82, 2.24) is 0 Å². The molecule has 0 radical (unpaired) electrons. The maximum absolute atomic E-state index is 9.38. The number of anilines is 1. The fraction of sp³-hybridized carbons (Fsp3) is 0.500. The third kappa shape index (κ3) is 1.75. The molecule has 0 amide bonds. The van der Waals surface area contributed by atoms with Crippen molar-refractivity contribution >= 4 is 5.69 Å². The predicted molar refractivity (Wildman–Crippen MR) is 58.6 cm³/mol.